The molecule has 0 fully saturated rings. The predicted molar refractivity (Wildman–Crippen MR) is 38.7 cm³/mol. The Balaban J connectivity index is 2.41. The molecule has 3 nitrogen and oxygen atoms in total. The number of aromatic nitrogens is 2. The fourth-order valence-corrected chi connectivity index (χ4v) is 1.41. The maximum atomic E-state index is 3.99. The summed E-state index contributed by atoms with van der Waals surface area (Å²) < 4.78 is 0. The zero-order valence-corrected chi connectivity index (χ0v) is 6.02. The van der Waals surface area contributed by atoms with E-state index in [1.165, 1.54) is 11.3 Å². The molecule has 3 heteroatoms. The number of nitrogens with zero attached hydrogens (tertiary/aromatic N) is 1. The Morgan fingerprint density at radius 3 is 3.40 bits per heavy atom. The molecule has 0 unspecified atom stereocenters. The zero-order chi connectivity index (χ0) is 6.97. The van der Waals surface area contributed by atoms with Crippen LogP contribution in [0.1, 0.15) is 24.1 Å². The number of hydrogen-bond acceptors (Lipinski definition) is 2. The third kappa shape index (κ3) is 0.743. The molecule has 0 aromatic carbocycles. The van der Waals surface area contributed by atoms with E-state index >= 15 is 0 Å². The van der Waals surface area contributed by atoms with Crippen LogP contribution in [0.25, 0.3) is 0 Å². The van der Waals surface area contributed by atoms with Gasteiger partial charge in [-0.3, -0.25) is 5.10 Å². The number of aromatic amines is 1. The van der Waals surface area contributed by atoms with Gasteiger partial charge in [-0.2, -0.15) is 5.10 Å². The van der Waals surface area contributed by atoms with Gasteiger partial charge in [-0.25, -0.2) is 0 Å². The van der Waals surface area contributed by atoms with E-state index in [4.69, 9.17) is 0 Å². The Bertz CT molecular complexity index is 229. The molecule has 2 rings (SSSR count). The van der Waals surface area contributed by atoms with E-state index in [0.717, 1.165) is 13.1 Å². The van der Waals surface area contributed by atoms with Crippen molar-refractivity contribution in [3.05, 3.63) is 17.5 Å². The van der Waals surface area contributed by atoms with E-state index in [-0.39, 0.29) is 0 Å². The van der Waals surface area contributed by atoms with Gasteiger partial charge in [0.15, 0.2) is 0 Å². The molecule has 1 aliphatic heterocycles. The molecule has 0 radical (unpaired) electrons. The summed E-state index contributed by atoms with van der Waals surface area (Å²) in [6.45, 7) is 4.23. The van der Waals surface area contributed by atoms with E-state index in [1.807, 2.05) is 6.20 Å². The third-order valence-corrected chi connectivity index (χ3v) is 2.01. The summed E-state index contributed by atoms with van der Waals surface area (Å²) in [4.78, 5) is 0. The Labute approximate surface area is 59.8 Å². The van der Waals surface area contributed by atoms with Gasteiger partial charge >= 0.3 is 0 Å². The lowest BCUT2D eigenvalue weighted by Crippen LogP contribution is -2.25. The monoisotopic (exact) mass is 137 g/mol. The molecule has 0 aliphatic carbocycles. The standard InChI is InChI=1S/C7H11N3/c1-5-2-8-3-6-4-9-10-7(5)6/h4-5,8H,2-3H2,1H3,(H,9,10)/t5-/m0/s1. The van der Waals surface area contributed by atoms with Crippen LogP contribution in [0.15, 0.2) is 6.20 Å². The quantitative estimate of drug-likeness (QED) is 0.550. The molecule has 0 amide bonds. The normalized spacial score (nSPS) is 24.3. The number of rotatable bonds is 0. The zero-order valence-electron chi connectivity index (χ0n) is 6.02. The van der Waals surface area contributed by atoms with Crippen molar-refractivity contribution >= 4 is 0 Å². The number of fused-ring (bicyclic) bond motifs is 1. The van der Waals surface area contributed by atoms with Crippen LogP contribution in [0, 0.1) is 0 Å². The molecule has 0 saturated heterocycles. The first-order valence-corrected chi connectivity index (χ1v) is 3.61. The Morgan fingerprint density at radius 2 is 2.60 bits per heavy atom. The van der Waals surface area contributed by atoms with Crippen LogP contribution < -0.4 is 5.32 Å². The first kappa shape index (κ1) is 5.92. The van der Waals surface area contributed by atoms with Crippen LogP contribution in [0.5, 0.6) is 0 Å². The van der Waals surface area contributed by atoms with Gasteiger partial charge in [-0.05, 0) is 0 Å². The maximum absolute atomic E-state index is 3.99. The van der Waals surface area contributed by atoms with Gasteiger partial charge in [0.05, 0.1) is 6.20 Å². The summed E-state index contributed by atoms with van der Waals surface area (Å²) >= 11 is 0. The van der Waals surface area contributed by atoms with Gasteiger partial charge in [0, 0.05) is 30.3 Å². The van der Waals surface area contributed by atoms with Crippen molar-refractivity contribution in [1.29, 1.82) is 0 Å². The van der Waals surface area contributed by atoms with Crippen molar-refractivity contribution < 1.29 is 0 Å². The van der Waals surface area contributed by atoms with E-state index in [9.17, 15) is 0 Å². The first-order valence-electron chi connectivity index (χ1n) is 3.61. The average molecular weight is 137 g/mol. The second-order valence-electron chi connectivity index (χ2n) is 2.84. The second kappa shape index (κ2) is 2.09. The molecule has 1 aromatic rings. The van der Waals surface area contributed by atoms with E-state index in [0.29, 0.717) is 5.92 Å². The number of nitrogens with one attached hydrogen (secondary N) is 2. The fourth-order valence-electron chi connectivity index (χ4n) is 1.41. The molecule has 1 aromatic heterocycles. The van der Waals surface area contributed by atoms with Crippen LogP contribution in [0.2, 0.25) is 0 Å². The van der Waals surface area contributed by atoms with Crippen molar-refractivity contribution in [2.45, 2.75) is 19.4 Å². The highest BCUT2D eigenvalue weighted by atomic mass is 15.1. The smallest absolute Gasteiger partial charge is 0.0535 e. The molecule has 0 saturated carbocycles. The van der Waals surface area contributed by atoms with Gasteiger partial charge in [0.2, 0.25) is 0 Å². The molecule has 2 N–H and O–H groups in total. The first-order chi connectivity index (χ1) is 4.88. The molecule has 10 heavy (non-hydrogen) atoms. The summed E-state index contributed by atoms with van der Waals surface area (Å²) in [5.41, 5.74) is 2.62. The molecule has 2 heterocycles. The van der Waals surface area contributed by atoms with E-state index in [1.54, 1.807) is 0 Å². The Morgan fingerprint density at radius 1 is 1.70 bits per heavy atom. The third-order valence-electron chi connectivity index (χ3n) is 2.01. The van der Waals surface area contributed by atoms with Crippen LogP contribution in [-0.2, 0) is 6.54 Å². The van der Waals surface area contributed by atoms with Crippen LogP contribution in [0.4, 0.5) is 0 Å². The minimum absolute atomic E-state index is 0.589. The molecule has 1 aliphatic rings. The summed E-state index contributed by atoms with van der Waals surface area (Å²) in [5.74, 6) is 0.589. The van der Waals surface area contributed by atoms with E-state index in [2.05, 4.69) is 22.4 Å². The van der Waals surface area contributed by atoms with Crippen molar-refractivity contribution in [2.75, 3.05) is 6.54 Å². The minimum Gasteiger partial charge on any atom is -0.312 e. The summed E-state index contributed by atoms with van der Waals surface area (Å²) in [6.07, 6.45) is 1.90. The molecular formula is C7H11N3. The minimum atomic E-state index is 0.589. The largest absolute Gasteiger partial charge is 0.312 e. The van der Waals surface area contributed by atoms with E-state index < -0.39 is 0 Å². The lowest BCUT2D eigenvalue weighted by Gasteiger charge is -2.18. The highest BCUT2D eigenvalue weighted by Gasteiger charge is 2.16. The van der Waals surface area contributed by atoms with Crippen LogP contribution >= 0.6 is 0 Å². The van der Waals surface area contributed by atoms with Crippen LogP contribution in [0.3, 0.4) is 0 Å². The van der Waals surface area contributed by atoms with Gasteiger partial charge in [0.1, 0.15) is 0 Å². The van der Waals surface area contributed by atoms with Crippen molar-refractivity contribution in [2.24, 2.45) is 0 Å². The molecule has 0 bridgehead atoms. The van der Waals surface area contributed by atoms with Gasteiger partial charge < -0.3 is 5.32 Å². The Hall–Kier alpha value is -0.830. The summed E-state index contributed by atoms with van der Waals surface area (Å²) in [6, 6.07) is 0. The fraction of sp³-hybridized carbons (Fsp3) is 0.571. The highest BCUT2D eigenvalue weighted by molar-refractivity contribution is 5.22. The van der Waals surface area contributed by atoms with Gasteiger partial charge in [-0.1, -0.05) is 6.92 Å². The van der Waals surface area contributed by atoms with Crippen molar-refractivity contribution in [3.8, 4) is 0 Å². The number of hydrogen-bond donors (Lipinski definition) is 2. The summed E-state index contributed by atoms with van der Waals surface area (Å²) in [7, 11) is 0. The SMILES string of the molecule is C[C@H]1CNCc2cn[nH]c21. The van der Waals surface area contributed by atoms with Gasteiger partial charge in [0.25, 0.3) is 0 Å². The average Bonchev–Trinajstić information content (AvgIpc) is 2.36. The molecule has 54 valence electrons. The van der Waals surface area contributed by atoms with Crippen molar-refractivity contribution in [3.63, 3.8) is 0 Å². The van der Waals surface area contributed by atoms with Crippen molar-refractivity contribution in [1.82, 2.24) is 15.5 Å². The predicted octanol–water partition coefficient (Wildman–Crippen LogP) is 0.616. The molecule has 0 spiro atoms. The molecular weight excluding hydrogens is 126 g/mol. The lowest BCUT2D eigenvalue weighted by molar-refractivity contribution is 0.562. The molecule has 1 atom stereocenters. The highest BCUT2D eigenvalue weighted by Crippen LogP contribution is 2.19. The Kier molecular flexibility index (Phi) is 1.24. The second-order valence-corrected chi connectivity index (χ2v) is 2.84. The lowest BCUT2D eigenvalue weighted by atomic mass is 10.0. The topological polar surface area (TPSA) is 40.7 Å². The maximum Gasteiger partial charge on any atom is 0.0535 e. The number of H-pyrrole nitrogens is 1. The van der Waals surface area contributed by atoms with Crippen LogP contribution in [-0.4, -0.2) is 16.7 Å². The summed E-state index contributed by atoms with van der Waals surface area (Å²) in [5, 5.41) is 10.3. The van der Waals surface area contributed by atoms with Gasteiger partial charge in [-0.15, -0.1) is 0 Å².